The van der Waals surface area contributed by atoms with Gasteiger partial charge in [-0.3, -0.25) is 0 Å². The van der Waals surface area contributed by atoms with Crippen LogP contribution in [0.1, 0.15) is 38.2 Å². The number of hydrogen-bond acceptors (Lipinski definition) is 2. The summed E-state index contributed by atoms with van der Waals surface area (Å²) in [6.07, 6.45) is 4.99. The maximum atomic E-state index is 13.7. The van der Waals surface area contributed by atoms with Crippen molar-refractivity contribution in [2.24, 2.45) is 17.1 Å². The van der Waals surface area contributed by atoms with Crippen LogP contribution in [0.15, 0.2) is 24.3 Å². The van der Waals surface area contributed by atoms with Crippen molar-refractivity contribution in [3.8, 4) is 0 Å². The molecule has 0 saturated heterocycles. The largest absolute Gasteiger partial charge is 0.330 e. The number of nitrogens with zero attached hydrogens (tertiary/aromatic N) is 1. The quantitative estimate of drug-likeness (QED) is 0.894. The molecule has 1 aromatic rings. The van der Waals surface area contributed by atoms with E-state index in [0.717, 1.165) is 24.6 Å². The second-order valence-corrected chi connectivity index (χ2v) is 6.67. The highest BCUT2D eigenvalue weighted by Gasteiger charge is 2.34. The molecule has 1 saturated carbocycles. The van der Waals surface area contributed by atoms with Gasteiger partial charge >= 0.3 is 0 Å². The standard InChI is InChI=1S/C17H27FN2/c1-14-6-5-9-17(10-14,12-19)13-20(2)11-15-7-3-4-8-16(15)18/h3-4,7-8,14H,5-6,9-13,19H2,1-2H3. The Hall–Kier alpha value is -0.930. The van der Waals surface area contributed by atoms with Crippen LogP contribution >= 0.6 is 0 Å². The molecule has 1 aromatic carbocycles. The lowest BCUT2D eigenvalue weighted by atomic mass is 9.70. The van der Waals surface area contributed by atoms with Crippen LogP contribution in [0.3, 0.4) is 0 Å². The maximum Gasteiger partial charge on any atom is 0.127 e. The van der Waals surface area contributed by atoms with Gasteiger partial charge in [-0.15, -0.1) is 0 Å². The number of hydrogen-bond donors (Lipinski definition) is 1. The first-order valence-electron chi connectivity index (χ1n) is 7.67. The first-order chi connectivity index (χ1) is 9.54. The molecule has 1 aliphatic rings. The molecule has 0 bridgehead atoms. The summed E-state index contributed by atoms with van der Waals surface area (Å²) >= 11 is 0. The Kier molecular flexibility index (Phi) is 5.17. The van der Waals surface area contributed by atoms with E-state index in [1.165, 1.54) is 31.7 Å². The zero-order valence-corrected chi connectivity index (χ0v) is 12.7. The Labute approximate surface area is 122 Å². The van der Waals surface area contributed by atoms with E-state index >= 15 is 0 Å². The van der Waals surface area contributed by atoms with Gasteiger partial charge in [0.2, 0.25) is 0 Å². The van der Waals surface area contributed by atoms with Gasteiger partial charge in [0.15, 0.2) is 0 Å². The minimum atomic E-state index is -0.113. The molecule has 2 unspecified atom stereocenters. The van der Waals surface area contributed by atoms with Crippen LogP contribution in [0.4, 0.5) is 4.39 Å². The number of nitrogens with two attached hydrogens (primary N) is 1. The summed E-state index contributed by atoms with van der Waals surface area (Å²) in [7, 11) is 2.07. The molecule has 0 aliphatic heterocycles. The fourth-order valence-electron chi connectivity index (χ4n) is 3.71. The highest BCUT2D eigenvalue weighted by molar-refractivity contribution is 5.17. The Bertz CT molecular complexity index is 435. The Balaban J connectivity index is 1.99. The van der Waals surface area contributed by atoms with Crippen molar-refractivity contribution in [3.63, 3.8) is 0 Å². The predicted molar refractivity (Wildman–Crippen MR) is 81.9 cm³/mol. The van der Waals surface area contributed by atoms with Crippen LogP contribution in [0.5, 0.6) is 0 Å². The molecule has 0 amide bonds. The van der Waals surface area contributed by atoms with Crippen molar-refractivity contribution in [3.05, 3.63) is 35.6 Å². The molecular formula is C17H27FN2. The molecule has 0 radical (unpaired) electrons. The number of halogens is 1. The SMILES string of the molecule is CC1CCCC(CN)(CN(C)Cc2ccccc2F)C1. The third-order valence-electron chi connectivity index (χ3n) is 4.62. The molecule has 2 rings (SSSR count). The van der Waals surface area contributed by atoms with E-state index in [0.29, 0.717) is 6.54 Å². The van der Waals surface area contributed by atoms with Crippen molar-refractivity contribution >= 4 is 0 Å². The first-order valence-corrected chi connectivity index (χ1v) is 7.67. The van der Waals surface area contributed by atoms with E-state index in [-0.39, 0.29) is 11.2 Å². The Morgan fingerprint density at radius 2 is 2.15 bits per heavy atom. The normalized spacial score (nSPS) is 26.9. The van der Waals surface area contributed by atoms with Crippen LogP contribution in [0.2, 0.25) is 0 Å². The Morgan fingerprint density at radius 3 is 2.80 bits per heavy atom. The summed E-state index contributed by atoms with van der Waals surface area (Å²) in [6, 6.07) is 7.03. The zero-order chi connectivity index (χ0) is 14.6. The molecule has 112 valence electrons. The van der Waals surface area contributed by atoms with Gasteiger partial charge in [-0.25, -0.2) is 4.39 Å². The minimum absolute atomic E-state index is 0.113. The molecule has 2 nitrogen and oxygen atoms in total. The summed E-state index contributed by atoms with van der Waals surface area (Å²) < 4.78 is 13.7. The lowest BCUT2D eigenvalue weighted by Gasteiger charge is -2.41. The minimum Gasteiger partial charge on any atom is -0.330 e. The lowest BCUT2D eigenvalue weighted by molar-refractivity contribution is 0.0976. The van der Waals surface area contributed by atoms with Gasteiger partial charge in [0.05, 0.1) is 0 Å². The fraction of sp³-hybridized carbons (Fsp3) is 0.647. The van der Waals surface area contributed by atoms with Gasteiger partial charge < -0.3 is 10.6 Å². The average molecular weight is 278 g/mol. The third-order valence-corrected chi connectivity index (χ3v) is 4.62. The van der Waals surface area contributed by atoms with Crippen molar-refractivity contribution in [1.29, 1.82) is 0 Å². The van der Waals surface area contributed by atoms with E-state index in [1.807, 2.05) is 12.1 Å². The van der Waals surface area contributed by atoms with Gasteiger partial charge in [0, 0.05) is 18.7 Å². The average Bonchev–Trinajstić information content (AvgIpc) is 2.41. The first kappa shape index (κ1) is 15.5. The second kappa shape index (κ2) is 6.68. The summed E-state index contributed by atoms with van der Waals surface area (Å²) in [6.45, 7) is 4.67. The van der Waals surface area contributed by atoms with Gasteiger partial charge in [-0.05, 0) is 43.8 Å². The Morgan fingerprint density at radius 1 is 1.40 bits per heavy atom. The maximum absolute atomic E-state index is 13.7. The molecule has 1 aliphatic carbocycles. The topological polar surface area (TPSA) is 29.3 Å². The van der Waals surface area contributed by atoms with Gasteiger partial charge in [0.1, 0.15) is 5.82 Å². The van der Waals surface area contributed by atoms with Crippen molar-refractivity contribution < 1.29 is 4.39 Å². The van der Waals surface area contributed by atoms with E-state index in [9.17, 15) is 4.39 Å². The molecule has 2 atom stereocenters. The van der Waals surface area contributed by atoms with Crippen LogP contribution in [0, 0.1) is 17.2 Å². The highest BCUT2D eigenvalue weighted by atomic mass is 19.1. The number of benzene rings is 1. The fourth-order valence-corrected chi connectivity index (χ4v) is 3.71. The lowest BCUT2D eigenvalue weighted by Crippen LogP contribution is -2.44. The third kappa shape index (κ3) is 3.80. The molecule has 20 heavy (non-hydrogen) atoms. The van der Waals surface area contributed by atoms with E-state index in [2.05, 4.69) is 18.9 Å². The molecule has 0 aromatic heterocycles. The highest BCUT2D eigenvalue weighted by Crippen LogP contribution is 2.39. The van der Waals surface area contributed by atoms with Gasteiger partial charge in [0.25, 0.3) is 0 Å². The van der Waals surface area contributed by atoms with E-state index in [1.54, 1.807) is 6.07 Å². The summed E-state index contributed by atoms with van der Waals surface area (Å²) in [5, 5.41) is 0. The molecule has 2 N–H and O–H groups in total. The molecule has 3 heteroatoms. The monoisotopic (exact) mass is 278 g/mol. The molecule has 0 heterocycles. The van der Waals surface area contributed by atoms with Crippen LogP contribution in [-0.2, 0) is 6.54 Å². The smallest absolute Gasteiger partial charge is 0.127 e. The zero-order valence-electron chi connectivity index (χ0n) is 12.7. The van der Waals surface area contributed by atoms with Gasteiger partial charge in [-0.2, -0.15) is 0 Å². The predicted octanol–water partition coefficient (Wildman–Crippen LogP) is 3.41. The summed E-state index contributed by atoms with van der Waals surface area (Å²) in [4.78, 5) is 2.23. The molecule has 1 fully saturated rings. The van der Waals surface area contributed by atoms with Crippen LogP contribution < -0.4 is 5.73 Å². The molecule has 0 spiro atoms. The van der Waals surface area contributed by atoms with Crippen LogP contribution in [0.25, 0.3) is 0 Å². The van der Waals surface area contributed by atoms with E-state index in [4.69, 9.17) is 5.73 Å². The van der Waals surface area contributed by atoms with Crippen molar-refractivity contribution in [2.75, 3.05) is 20.1 Å². The second-order valence-electron chi connectivity index (χ2n) is 6.67. The van der Waals surface area contributed by atoms with Crippen molar-refractivity contribution in [1.82, 2.24) is 4.90 Å². The molecular weight excluding hydrogens is 251 g/mol. The van der Waals surface area contributed by atoms with Gasteiger partial charge in [-0.1, -0.05) is 38.0 Å². The summed E-state index contributed by atoms with van der Waals surface area (Å²) in [5.74, 6) is 0.646. The summed E-state index contributed by atoms with van der Waals surface area (Å²) in [5.41, 5.74) is 7.06. The van der Waals surface area contributed by atoms with E-state index < -0.39 is 0 Å². The van der Waals surface area contributed by atoms with Crippen molar-refractivity contribution in [2.45, 2.75) is 39.2 Å². The van der Waals surface area contributed by atoms with Crippen LogP contribution in [-0.4, -0.2) is 25.0 Å². The number of rotatable bonds is 5.